The summed E-state index contributed by atoms with van der Waals surface area (Å²) in [5.74, 6) is 2.88. The average molecular weight is 368 g/mol. The summed E-state index contributed by atoms with van der Waals surface area (Å²) in [5, 5.41) is 0. The van der Waals surface area contributed by atoms with E-state index in [0.717, 1.165) is 22.8 Å². The summed E-state index contributed by atoms with van der Waals surface area (Å²) in [4.78, 5) is 0. The van der Waals surface area contributed by atoms with E-state index in [2.05, 4.69) is 0 Å². The lowest BCUT2D eigenvalue weighted by molar-refractivity contribution is 0.00242. The molecule has 0 N–H and O–H groups in total. The van der Waals surface area contributed by atoms with E-state index >= 15 is 0 Å². The third-order valence-electron chi connectivity index (χ3n) is 4.12. The van der Waals surface area contributed by atoms with Crippen LogP contribution in [-0.4, -0.2) is 0 Å². The third-order valence-corrected chi connectivity index (χ3v) is 4.12. The van der Waals surface area contributed by atoms with Gasteiger partial charge in [0.1, 0.15) is 23.0 Å². The minimum absolute atomic E-state index is 0.662. The number of hydrogen-bond donors (Lipinski definition) is 0. The van der Waals surface area contributed by atoms with E-state index < -0.39 is 6.29 Å². The molecule has 0 saturated carbocycles. The van der Waals surface area contributed by atoms with Crippen molar-refractivity contribution in [3.8, 4) is 23.0 Å². The summed E-state index contributed by atoms with van der Waals surface area (Å²) in [6.45, 7) is 0. The molecule has 0 aliphatic rings. The smallest absolute Gasteiger partial charge is 0.271 e. The molecular formula is C25H20O3. The van der Waals surface area contributed by atoms with E-state index in [-0.39, 0.29) is 0 Å². The molecule has 28 heavy (non-hydrogen) atoms. The third kappa shape index (κ3) is 4.51. The summed E-state index contributed by atoms with van der Waals surface area (Å²) in [6.07, 6.45) is -0.662. The van der Waals surface area contributed by atoms with Gasteiger partial charge in [-0.1, -0.05) is 66.7 Å². The highest BCUT2D eigenvalue weighted by Gasteiger charge is 2.20. The lowest BCUT2D eigenvalue weighted by Gasteiger charge is -2.23. The molecule has 4 aromatic carbocycles. The normalized spacial score (nSPS) is 10.5. The highest BCUT2D eigenvalue weighted by molar-refractivity contribution is 5.40. The van der Waals surface area contributed by atoms with Crippen LogP contribution in [0.5, 0.6) is 23.0 Å². The van der Waals surface area contributed by atoms with Gasteiger partial charge >= 0.3 is 0 Å². The lowest BCUT2D eigenvalue weighted by atomic mass is 10.2. The summed E-state index contributed by atoms with van der Waals surface area (Å²) in [7, 11) is 0. The highest BCUT2D eigenvalue weighted by Crippen LogP contribution is 2.33. The van der Waals surface area contributed by atoms with Gasteiger partial charge in [0.15, 0.2) is 0 Å². The molecular weight excluding hydrogens is 348 g/mol. The maximum Gasteiger partial charge on any atom is 0.271 e. The SMILES string of the molecule is c1ccc(Oc2ccccc2C(Oc2ccccc2)Oc2ccccc2)cc1. The quantitative estimate of drug-likeness (QED) is 0.342. The van der Waals surface area contributed by atoms with Gasteiger partial charge in [-0.15, -0.1) is 0 Å². The molecule has 0 saturated heterocycles. The molecule has 0 aliphatic carbocycles. The fourth-order valence-corrected chi connectivity index (χ4v) is 2.78. The van der Waals surface area contributed by atoms with Crippen molar-refractivity contribution in [1.82, 2.24) is 0 Å². The highest BCUT2D eigenvalue weighted by atomic mass is 16.7. The van der Waals surface area contributed by atoms with Gasteiger partial charge < -0.3 is 14.2 Å². The van der Waals surface area contributed by atoms with Gasteiger partial charge in [0, 0.05) is 0 Å². The van der Waals surface area contributed by atoms with Gasteiger partial charge in [-0.05, 0) is 48.5 Å². The lowest BCUT2D eigenvalue weighted by Crippen LogP contribution is -2.16. The summed E-state index contributed by atoms with van der Waals surface area (Å²) >= 11 is 0. The van der Waals surface area contributed by atoms with E-state index in [4.69, 9.17) is 14.2 Å². The van der Waals surface area contributed by atoms with Crippen LogP contribution in [0.1, 0.15) is 11.9 Å². The Hall–Kier alpha value is -3.72. The topological polar surface area (TPSA) is 27.7 Å². The molecule has 0 radical (unpaired) electrons. The number of ether oxygens (including phenoxy) is 3. The van der Waals surface area contributed by atoms with Crippen LogP contribution in [0.4, 0.5) is 0 Å². The zero-order valence-corrected chi connectivity index (χ0v) is 15.3. The molecule has 138 valence electrons. The molecule has 3 heteroatoms. The van der Waals surface area contributed by atoms with Crippen molar-refractivity contribution >= 4 is 0 Å². The van der Waals surface area contributed by atoms with E-state index in [1.165, 1.54) is 0 Å². The fraction of sp³-hybridized carbons (Fsp3) is 0.0400. The Balaban J connectivity index is 1.67. The molecule has 0 fully saturated rings. The van der Waals surface area contributed by atoms with Gasteiger partial charge in [0.25, 0.3) is 6.29 Å². The van der Waals surface area contributed by atoms with Gasteiger partial charge in [-0.2, -0.15) is 0 Å². The minimum atomic E-state index is -0.662. The zero-order chi connectivity index (χ0) is 19.0. The zero-order valence-electron chi connectivity index (χ0n) is 15.3. The van der Waals surface area contributed by atoms with E-state index in [0.29, 0.717) is 5.75 Å². The van der Waals surface area contributed by atoms with E-state index in [1.807, 2.05) is 115 Å². The maximum atomic E-state index is 6.18. The fourth-order valence-electron chi connectivity index (χ4n) is 2.78. The first-order valence-electron chi connectivity index (χ1n) is 9.14. The number of benzene rings is 4. The predicted molar refractivity (Wildman–Crippen MR) is 110 cm³/mol. The maximum absolute atomic E-state index is 6.18. The first-order valence-corrected chi connectivity index (χ1v) is 9.14. The monoisotopic (exact) mass is 368 g/mol. The molecule has 0 aliphatic heterocycles. The van der Waals surface area contributed by atoms with Crippen LogP contribution >= 0.6 is 0 Å². The molecule has 0 spiro atoms. The summed E-state index contributed by atoms with van der Waals surface area (Å²) in [6, 6.07) is 36.7. The van der Waals surface area contributed by atoms with Crippen molar-refractivity contribution in [2.75, 3.05) is 0 Å². The van der Waals surface area contributed by atoms with Crippen molar-refractivity contribution in [3.63, 3.8) is 0 Å². The molecule has 0 heterocycles. The Morgan fingerprint density at radius 2 is 0.857 bits per heavy atom. The second kappa shape index (κ2) is 8.78. The Kier molecular flexibility index (Phi) is 5.54. The number of para-hydroxylation sites is 4. The van der Waals surface area contributed by atoms with Crippen LogP contribution in [0.3, 0.4) is 0 Å². The van der Waals surface area contributed by atoms with E-state index in [9.17, 15) is 0 Å². The Labute approximate surface area is 164 Å². The van der Waals surface area contributed by atoms with Crippen LogP contribution < -0.4 is 14.2 Å². The first kappa shape index (κ1) is 17.7. The minimum Gasteiger partial charge on any atom is -0.457 e. The second-order valence-corrected chi connectivity index (χ2v) is 6.15. The molecule has 4 rings (SSSR count). The van der Waals surface area contributed by atoms with E-state index in [1.54, 1.807) is 0 Å². The number of rotatable bonds is 7. The molecule has 0 amide bonds. The first-order chi connectivity index (χ1) is 13.9. The summed E-state index contributed by atoms with van der Waals surface area (Å²) in [5.41, 5.74) is 0.805. The Morgan fingerprint density at radius 3 is 1.39 bits per heavy atom. The molecule has 3 nitrogen and oxygen atoms in total. The van der Waals surface area contributed by atoms with Crippen molar-refractivity contribution in [2.24, 2.45) is 0 Å². The standard InChI is InChI=1S/C25H20O3/c1-4-12-20(13-5-1)26-24-19-11-10-18-23(24)25(27-21-14-6-2-7-15-21)28-22-16-8-3-9-17-22/h1-19,25H. The largest absolute Gasteiger partial charge is 0.457 e. The average Bonchev–Trinajstić information content (AvgIpc) is 2.76. The predicted octanol–water partition coefficient (Wildman–Crippen LogP) is 6.64. The van der Waals surface area contributed by atoms with Gasteiger partial charge in [0.2, 0.25) is 0 Å². The molecule has 0 unspecified atom stereocenters. The number of hydrogen-bond acceptors (Lipinski definition) is 3. The van der Waals surface area contributed by atoms with Crippen LogP contribution in [0, 0.1) is 0 Å². The molecule has 4 aromatic rings. The van der Waals surface area contributed by atoms with Crippen LogP contribution in [0.15, 0.2) is 115 Å². The van der Waals surface area contributed by atoms with Crippen LogP contribution in [-0.2, 0) is 0 Å². The van der Waals surface area contributed by atoms with Crippen molar-refractivity contribution in [2.45, 2.75) is 6.29 Å². The Morgan fingerprint density at radius 1 is 0.429 bits per heavy atom. The van der Waals surface area contributed by atoms with Gasteiger partial charge in [0.05, 0.1) is 5.56 Å². The second-order valence-electron chi connectivity index (χ2n) is 6.15. The molecule has 0 bridgehead atoms. The summed E-state index contributed by atoms with van der Waals surface area (Å²) < 4.78 is 18.5. The van der Waals surface area contributed by atoms with Crippen molar-refractivity contribution in [1.29, 1.82) is 0 Å². The molecule has 0 atom stereocenters. The van der Waals surface area contributed by atoms with Crippen molar-refractivity contribution < 1.29 is 14.2 Å². The van der Waals surface area contributed by atoms with Crippen molar-refractivity contribution in [3.05, 3.63) is 121 Å². The van der Waals surface area contributed by atoms with Crippen LogP contribution in [0.2, 0.25) is 0 Å². The van der Waals surface area contributed by atoms with Gasteiger partial charge in [-0.25, -0.2) is 0 Å². The Bertz CT molecular complexity index is 944. The molecule has 0 aromatic heterocycles. The van der Waals surface area contributed by atoms with Gasteiger partial charge in [-0.3, -0.25) is 0 Å². The van der Waals surface area contributed by atoms with Crippen LogP contribution in [0.25, 0.3) is 0 Å².